The third-order valence-electron chi connectivity index (χ3n) is 5.30. The van der Waals surface area contributed by atoms with E-state index in [1.165, 1.54) is 0 Å². The van der Waals surface area contributed by atoms with E-state index in [-0.39, 0.29) is 12.5 Å². The zero-order valence-corrected chi connectivity index (χ0v) is 19.7. The first-order valence-electron chi connectivity index (χ1n) is 9.54. The molecule has 0 saturated carbocycles. The van der Waals surface area contributed by atoms with Crippen LogP contribution in [0.3, 0.4) is 0 Å². The molecule has 4 rings (SSSR count). The van der Waals surface area contributed by atoms with Crippen molar-refractivity contribution in [3.8, 4) is 0 Å². The third kappa shape index (κ3) is 4.33. The zero-order chi connectivity index (χ0) is 22.2. The molecular formula is C23H18BrCl2N3O2. The van der Waals surface area contributed by atoms with Crippen LogP contribution >= 0.6 is 39.1 Å². The monoisotopic (exact) mass is 517 g/mol. The van der Waals surface area contributed by atoms with Gasteiger partial charge in [-0.25, -0.2) is 9.69 Å². The van der Waals surface area contributed by atoms with Gasteiger partial charge in [-0.1, -0.05) is 57.3 Å². The van der Waals surface area contributed by atoms with E-state index in [0.717, 1.165) is 14.9 Å². The van der Waals surface area contributed by atoms with E-state index in [4.69, 9.17) is 23.2 Å². The van der Waals surface area contributed by atoms with Gasteiger partial charge in [0.25, 0.3) is 5.91 Å². The lowest BCUT2D eigenvalue weighted by atomic mass is 9.91. The van der Waals surface area contributed by atoms with Gasteiger partial charge in [-0.05, 0) is 55.0 Å². The van der Waals surface area contributed by atoms with Crippen molar-refractivity contribution in [2.24, 2.45) is 0 Å². The lowest BCUT2D eigenvalue weighted by molar-refractivity contribution is -0.124. The average molecular weight is 519 g/mol. The number of amides is 3. The van der Waals surface area contributed by atoms with Gasteiger partial charge in [0.2, 0.25) is 0 Å². The molecule has 1 aromatic heterocycles. The van der Waals surface area contributed by atoms with Crippen LogP contribution in [0.25, 0.3) is 0 Å². The van der Waals surface area contributed by atoms with Gasteiger partial charge in [0.15, 0.2) is 0 Å². The van der Waals surface area contributed by atoms with Crippen LogP contribution < -0.4 is 4.90 Å². The summed E-state index contributed by atoms with van der Waals surface area (Å²) in [6.45, 7) is 1.98. The normalized spacial score (nSPS) is 18.7. The van der Waals surface area contributed by atoms with Crippen LogP contribution in [-0.4, -0.2) is 27.4 Å². The quantitative estimate of drug-likeness (QED) is 0.382. The van der Waals surface area contributed by atoms with Crippen molar-refractivity contribution in [1.82, 2.24) is 9.88 Å². The SMILES string of the molecule is CC1(Cc2ccc(Br)cc2)C(=O)N(c2cc(Cl)cc(Cl)c2)C(=O)N1Cc1ccccn1. The fraction of sp³-hybridized carbons (Fsp3) is 0.174. The number of anilines is 1. The molecule has 0 bridgehead atoms. The van der Waals surface area contributed by atoms with Gasteiger partial charge < -0.3 is 4.90 Å². The molecule has 1 aliphatic rings. The molecule has 5 nitrogen and oxygen atoms in total. The average Bonchev–Trinajstić information content (AvgIpc) is 2.90. The highest BCUT2D eigenvalue weighted by atomic mass is 79.9. The van der Waals surface area contributed by atoms with E-state index >= 15 is 0 Å². The number of hydrogen-bond acceptors (Lipinski definition) is 3. The second-order valence-corrected chi connectivity index (χ2v) is 9.32. The fourth-order valence-electron chi connectivity index (χ4n) is 3.74. The second-order valence-electron chi connectivity index (χ2n) is 7.54. The Balaban J connectivity index is 1.77. The van der Waals surface area contributed by atoms with Gasteiger partial charge in [0, 0.05) is 27.1 Å². The summed E-state index contributed by atoms with van der Waals surface area (Å²) in [6.07, 6.45) is 2.01. The van der Waals surface area contributed by atoms with Crippen LogP contribution in [-0.2, 0) is 17.8 Å². The molecule has 0 aliphatic carbocycles. The fourth-order valence-corrected chi connectivity index (χ4v) is 4.52. The maximum Gasteiger partial charge on any atom is 0.332 e. The molecule has 0 radical (unpaired) electrons. The van der Waals surface area contributed by atoms with Gasteiger partial charge in [0.1, 0.15) is 5.54 Å². The maximum atomic E-state index is 13.7. The van der Waals surface area contributed by atoms with Crippen molar-refractivity contribution in [2.45, 2.75) is 25.4 Å². The third-order valence-corrected chi connectivity index (χ3v) is 6.26. The standard InChI is InChI=1S/C23H18BrCl2N3O2/c1-23(13-15-5-7-16(24)8-6-15)21(30)29(20-11-17(25)10-18(26)12-20)22(31)28(23)14-19-4-2-3-9-27-19/h2-12H,13-14H2,1H3. The number of nitrogens with zero attached hydrogens (tertiary/aromatic N) is 3. The number of carbonyl (C=O) groups is 2. The molecule has 0 spiro atoms. The van der Waals surface area contributed by atoms with Crippen LogP contribution in [0.5, 0.6) is 0 Å². The van der Waals surface area contributed by atoms with Gasteiger partial charge >= 0.3 is 6.03 Å². The van der Waals surface area contributed by atoms with Gasteiger partial charge in [-0.2, -0.15) is 0 Å². The molecule has 2 heterocycles. The molecule has 1 saturated heterocycles. The number of halogens is 3. The predicted octanol–water partition coefficient (Wildman–Crippen LogP) is 6.12. The molecule has 1 aliphatic heterocycles. The molecule has 3 aromatic rings. The Morgan fingerprint density at radius 3 is 2.29 bits per heavy atom. The van der Waals surface area contributed by atoms with Crippen molar-refractivity contribution in [3.05, 3.63) is 92.6 Å². The van der Waals surface area contributed by atoms with Crippen molar-refractivity contribution >= 4 is 56.8 Å². The molecule has 31 heavy (non-hydrogen) atoms. The number of rotatable bonds is 5. The minimum Gasteiger partial charge on any atom is -0.303 e. The Morgan fingerprint density at radius 2 is 1.68 bits per heavy atom. The molecule has 1 fully saturated rings. The first kappa shape index (κ1) is 21.8. The molecule has 0 N–H and O–H groups in total. The predicted molar refractivity (Wildman–Crippen MR) is 125 cm³/mol. The Kier molecular flexibility index (Phi) is 6.06. The minimum absolute atomic E-state index is 0.198. The maximum absolute atomic E-state index is 13.7. The number of pyridine rings is 1. The number of benzene rings is 2. The van der Waals surface area contributed by atoms with E-state index in [1.54, 1.807) is 36.2 Å². The molecule has 1 atom stereocenters. The second kappa shape index (κ2) is 8.61. The van der Waals surface area contributed by atoms with Crippen LogP contribution in [0.4, 0.5) is 10.5 Å². The molecule has 1 unspecified atom stereocenters. The van der Waals surface area contributed by atoms with Crippen LogP contribution in [0, 0.1) is 0 Å². The topological polar surface area (TPSA) is 53.5 Å². The number of carbonyl (C=O) groups excluding carboxylic acids is 2. The summed E-state index contributed by atoms with van der Waals surface area (Å²) in [4.78, 5) is 34.2. The van der Waals surface area contributed by atoms with E-state index in [1.807, 2.05) is 42.5 Å². The summed E-state index contributed by atoms with van der Waals surface area (Å²) < 4.78 is 0.941. The minimum atomic E-state index is -1.11. The number of aromatic nitrogens is 1. The summed E-state index contributed by atoms with van der Waals surface area (Å²) >= 11 is 15.7. The van der Waals surface area contributed by atoms with Crippen molar-refractivity contribution in [1.29, 1.82) is 0 Å². The van der Waals surface area contributed by atoms with Crippen LogP contribution in [0.2, 0.25) is 10.0 Å². The highest BCUT2D eigenvalue weighted by molar-refractivity contribution is 9.10. The van der Waals surface area contributed by atoms with Crippen molar-refractivity contribution in [2.75, 3.05) is 4.90 Å². The van der Waals surface area contributed by atoms with E-state index in [2.05, 4.69) is 20.9 Å². The Hall–Kier alpha value is -2.41. The summed E-state index contributed by atoms with van der Waals surface area (Å²) in [5.41, 5.74) is 0.857. The molecule has 8 heteroatoms. The Morgan fingerprint density at radius 1 is 1.00 bits per heavy atom. The summed E-state index contributed by atoms with van der Waals surface area (Å²) in [6, 6.07) is 17.4. The Labute approximate surface area is 198 Å². The summed E-state index contributed by atoms with van der Waals surface area (Å²) in [5, 5.41) is 0.696. The summed E-state index contributed by atoms with van der Waals surface area (Å²) in [5.74, 6) is -0.338. The lowest BCUT2D eigenvalue weighted by Gasteiger charge is -2.31. The number of hydrogen-bond donors (Lipinski definition) is 0. The molecule has 158 valence electrons. The number of imide groups is 1. The molecular weight excluding hydrogens is 501 g/mol. The van der Waals surface area contributed by atoms with Gasteiger partial charge in [0.05, 0.1) is 17.9 Å². The summed E-state index contributed by atoms with van der Waals surface area (Å²) in [7, 11) is 0. The van der Waals surface area contributed by atoms with E-state index in [0.29, 0.717) is 27.8 Å². The van der Waals surface area contributed by atoms with Crippen LogP contribution in [0.15, 0.2) is 71.3 Å². The highest BCUT2D eigenvalue weighted by Crippen LogP contribution is 2.37. The Bertz CT molecular complexity index is 1120. The van der Waals surface area contributed by atoms with E-state index < -0.39 is 11.6 Å². The smallest absolute Gasteiger partial charge is 0.303 e. The van der Waals surface area contributed by atoms with Crippen molar-refractivity contribution < 1.29 is 9.59 Å². The molecule has 2 aromatic carbocycles. The first-order valence-corrected chi connectivity index (χ1v) is 11.1. The largest absolute Gasteiger partial charge is 0.332 e. The highest BCUT2D eigenvalue weighted by Gasteiger charge is 2.54. The molecule has 3 amide bonds. The van der Waals surface area contributed by atoms with Crippen molar-refractivity contribution in [3.63, 3.8) is 0 Å². The first-order chi connectivity index (χ1) is 14.8. The van der Waals surface area contributed by atoms with Gasteiger partial charge in [-0.3, -0.25) is 9.78 Å². The number of urea groups is 1. The zero-order valence-electron chi connectivity index (χ0n) is 16.6. The van der Waals surface area contributed by atoms with E-state index in [9.17, 15) is 9.59 Å². The van der Waals surface area contributed by atoms with Crippen LogP contribution in [0.1, 0.15) is 18.2 Å². The lowest BCUT2D eigenvalue weighted by Crippen LogP contribution is -2.48. The van der Waals surface area contributed by atoms with Gasteiger partial charge in [-0.15, -0.1) is 0 Å².